The van der Waals surface area contributed by atoms with Crippen LogP contribution in [0.1, 0.15) is 26.2 Å². The maximum Gasteiger partial charge on any atom is 0.303 e. The first-order valence-corrected chi connectivity index (χ1v) is 9.19. The van der Waals surface area contributed by atoms with E-state index in [0.29, 0.717) is 37.1 Å². The molecule has 0 fully saturated rings. The van der Waals surface area contributed by atoms with Crippen molar-refractivity contribution in [3.8, 4) is 0 Å². The Morgan fingerprint density at radius 3 is 2.46 bits per heavy atom. The monoisotopic (exact) mass is 401 g/mol. The summed E-state index contributed by atoms with van der Waals surface area (Å²) >= 11 is 0. The van der Waals surface area contributed by atoms with Crippen molar-refractivity contribution >= 4 is 23.4 Å². The average molecular weight is 401 g/mol. The summed E-state index contributed by atoms with van der Waals surface area (Å²) in [4.78, 5) is 30.3. The Morgan fingerprint density at radius 2 is 1.93 bits per heavy atom. The molecular formula is C17H31N5O6. The first-order chi connectivity index (χ1) is 13.3. The summed E-state index contributed by atoms with van der Waals surface area (Å²) < 4.78 is 1.40. The van der Waals surface area contributed by atoms with Crippen LogP contribution >= 0.6 is 0 Å². The van der Waals surface area contributed by atoms with Crippen LogP contribution in [0.15, 0.2) is 4.79 Å². The van der Waals surface area contributed by atoms with Crippen LogP contribution < -0.4 is 20.7 Å². The van der Waals surface area contributed by atoms with Crippen LogP contribution in [-0.2, 0) is 11.8 Å². The molecule has 0 bridgehead atoms. The van der Waals surface area contributed by atoms with Crippen molar-refractivity contribution in [1.82, 2.24) is 9.55 Å². The number of aliphatic carboxylic acids is 1. The first-order valence-electron chi connectivity index (χ1n) is 9.19. The minimum absolute atomic E-state index is 0.107. The van der Waals surface area contributed by atoms with E-state index in [2.05, 4.69) is 10.3 Å². The number of unbranched alkanes of at least 4 members (excludes halogenated alkanes) is 1. The fourth-order valence-electron chi connectivity index (χ4n) is 2.55. The number of aliphatic hydroxyl groups is 3. The molecule has 1 unspecified atom stereocenters. The fourth-order valence-corrected chi connectivity index (χ4v) is 2.55. The van der Waals surface area contributed by atoms with Crippen LogP contribution in [0, 0.1) is 0 Å². The van der Waals surface area contributed by atoms with Gasteiger partial charge in [-0.1, -0.05) is 6.92 Å². The van der Waals surface area contributed by atoms with Crippen molar-refractivity contribution in [1.29, 1.82) is 0 Å². The quantitative estimate of drug-likeness (QED) is 0.326. The summed E-state index contributed by atoms with van der Waals surface area (Å²) in [6.45, 7) is 2.77. The van der Waals surface area contributed by atoms with Crippen LogP contribution in [0.5, 0.6) is 0 Å². The van der Waals surface area contributed by atoms with Crippen molar-refractivity contribution in [2.24, 2.45) is 7.05 Å². The van der Waals surface area contributed by atoms with Crippen LogP contribution in [0.2, 0.25) is 0 Å². The first kappa shape index (κ1) is 23.7. The molecule has 28 heavy (non-hydrogen) atoms. The Hall–Kier alpha value is -2.37. The molecule has 0 saturated heterocycles. The highest BCUT2D eigenvalue weighted by Crippen LogP contribution is 2.30. The van der Waals surface area contributed by atoms with Crippen LogP contribution in [0.3, 0.4) is 0 Å². The van der Waals surface area contributed by atoms with Crippen molar-refractivity contribution in [3.63, 3.8) is 0 Å². The van der Waals surface area contributed by atoms with Gasteiger partial charge in [-0.2, -0.15) is 4.98 Å². The zero-order chi connectivity index (χ0) is 21.3. The average Bonchev–Trinajstić information content (AvgIpc) is 2.99. The third-order valence-electron chi connectivity index (χ3n) is 4.16. The molecular weight excluding hydrogens is 370 g/mol. The Balaban J connectivity index is 0.000000696. The molecule has 0 radical (unpaired) electrons. The number of carboxylic acids is 1. The normalized spacial score (nSPS) is 13.6. The van der Waals surface area contributed by atoms with Crippen LogP contribution in [-0.4, -0.2) is 82.1 Å². The van der Waals surface area contributed by atoms with E-state index in [1.807, 2.05) is 16.8 Å². The molecule has 1 atom stereocenters. The number of nitrogens with one attached hydrogen (secondary N) is 1. The number of nitrogens with zero attached hydrogens (tertiary/aromatic N) is 4. The Morgan fingerprint density at radius 1 is 1.29 bits per heavy atom. The second-order valence-corrected chi connectivity index (χ2v) is 6.47. The minimum atomic E-state index is -0.913. The smallest absolute Gasteiger partial charge is 0.303 e. The molecule has 0 aromatic carbocycles. The third-order valence-corrected chi connectivity index (χ3v) is 4.16. The number of hydrogen-bond acceptors (Lipinski definition) is 9. The Labute approximate surface area is 163 Å². The maximum absolute atomic E-state index is 12.5. The molecule has 1 aromatic heterocycles. The topological polar surface area (TPSA) is 151 Å². The molecule has 11 nitrogen and oxygen atoms in total. The summed E-state index contributed by atoms with van der Waals surface area (Å²) in [6.07, 6.45) is 0.824. The highest BCUT2D eigenvalue weighted by Gasteiger charge is 2.29. The molecule has 2 rings (SSSR count). The van der Waals surface area contributed by atoms with Gasteiger partial charge in [-0.05, 0) is 12.8 Å². The van der Waals surface area contributed by atoms with Gasteiger partial charge in [0.1, 0.15) is 5.69 Å². The molecule has 1 aliphatic heterocycles. The van der Waals surface area contributed by atoms with Gasteiger partial charge in [-0.25, -0.2) is 0 Å². The number of carboxylic acid groups (broad SMARTS) is 1. The molecule has 160 valence electrons. The summed E-state index contributed by atoms with van der Waals surface area (Å²) in [7, 11) is 3.46. The Kier molecular flexibility index (Phi) is 9.69. The SMILES string of the molecule is CCC(=O)O.CN1CN(CCCCO)c2nc(NCC(O)CO)n(C)c(=O)c21. The lowest BCUT2D eigenvalue weighted by molar-refractivity contribution is -0.136. The van der Waals surface area contributed by atoms with Crippen LogP contribution in [0.25, 0.3) is 0 Å². The van der Waals surface area contributed by atoms with Gasteiger partial charge in [0, 0.05) is 40.2 Å². The molecule has 2 heterocycles. The zero-order valence-corrected chi connectivity index (χ0v) is 16.6. The molecule has 0 saturated carbocycles. The number of hydrogen-bond donors (Lipinski definition) is 5. The van der Waals surface area contributed by atoms with E-state index in [1.54, 1.807) is 14.0 Å². The molecule has 0 aliphatic carbocycles. The lowest BCUT2D eigenvalue weighted by Gasteiger charge is -2.19. The predicted molar refractivity (Wildman–Crippen MR) is 106 cm³/mol. The zero-order valence-electron chi connectivity index (χ0n) is 16.6. The fraction of sp³-hybridized carbons (Fsp3) is 0.706. The third kappa shape index (κ3) is 6.36. The van der Waals surface area contributed by atoms with Gasteiger partial charge < -0.3 is 35.5 Å². The number of fused-ring (bicyclic) bond motifs is 1. The minimum Gasteiger partial charge on any atom is -0.481 e. The van der Waals surface area contributed by atoms with Crippen molar-refractivity contribution in [2.75, 3.05) is 55.1 Å². The van der Waals surface area contributed by atoms with Crippen LogP contribution in [0.4, 0.5) is 17.5 Å². The van der Waals surface area contributed by atoms with Gasteiger partial charge in [0.25, 0.3) is 5.56 Å². The van der Waals surface area contributed by atoms with Gasteiger partial charge in [0.05, 0.1) is 19.4 Å². The summed E-state index contributed by atoms with van der Waals surface area (Å²) in [6, 6.07) is 0. The van der Waals surface area contributed by atoms with E-state index in [-0.39, 0.29) is 31.7 Å². The largest absolute Gasteiger partial charge is 0.481 e. The molecule has 0 spiro atoms. The van der Waals surface area contributed by atoms with Crippen molar-refractivity contribution in [2.45, 2.75) is 32.3 Å². The van der Waals surface area contributed by atoms with Gasteiger partial charge >= 0.3 is 5.97 Å². The molecule has 5 N–H and O–H groups in total. The van der Waals surface area contributed by atoms with E-state index >= 15 is 0 Å². The van der Waals surface area contributed by atoms with E-state index < -0.39 is 12.1 Å². The maximum atomic E-state index is 12.5. The molecule has 1 aromatic rings. The number of rotatable bonds is 9. The number of anilines is 3. The predicted octanol–water partition coefficient (Wildman–Crippen LogP) is -0.987. The molecule has 1 aliphatic rings. The second-order valence-electron chi connectivity index (χ2n) is 6.47. The van der Waals surface area contributed by atoms with Gasteiger partial charge in [-0.3, -0.25) is 14.2 Å². The number of aromatic nitrogens is 2. The van der Waals surface area contributed by atoms with Gasteiger partial charge in [0.15, 0.2) is 5.82 Å². The van der Waals surface area contributed by atoms with Gasteiger partial charge in [0.2, 0.25) is 5.95 Å². The van der Waals surface area contributed by atoms with Crippen molar-refractivity contribution in [3.05, 3.63) is 10.4 Å². The second kappa shape index (κ2) is 11.5. The summed E-state index contributed by atoms with van der Waals surface area (Å²) in [5.41, 5.74) is 0.382. The van der Waals surface area contributed by atoms with E-state index in [4.69, 9.17) is 15.3 Å². The summed E-state index contributed by atoms with van der Waals surface area (Å²) in [5.74, 6) is 0.211. The lowest BCUT2D eigenvalue weighted by atomic mass is 10.3. The Bertz CT molecular complexity index is 695. The van der Waals surface area contributed by atoms with E-state index in [1.165, 1.54) is 4.57 Å². The lowest BCUT2D eigenvalue weighted by Crippen LogP contribution is -2.30. The molecule has 11 heteroatoms. The number of aliphatic hydroxyl groups excluding tert-OH is 3. The standard InChI is InChI=1S/C14H25N5O4.C3H6O2/c1-17-9-19(5-3-4-6-20)12-11(17)13(23)18(2)14(16-12)15-7-10(22)8-21;1-2-3(4)5/h10,20-22H,3-9H2,1-2H3,(H,15,16);2H2,1H3,(H,4,5). The molecule has 0 amide bonds. The van der Waals surface area contributed by atoms with E-state index in [0.717, 1.165) is 6.42 Å². The highest BCUT2D eigenvalue weighted by atomic mass is 16.4. The van der Waals surface area contributed by atoms with Gasteiger partial charge in [-0.15, -0.1) is 0 Å². The van der Waals surface area contributed by atoms with Crippen molar-refractivity contribution < 1.29 is 25.2 Å². The number of carbonyl (C=O) groups is 1. The van der Waals surface area contributed by atoms with E-state index in [9.17, 15) is 14.7 Å². The summed E-state index contributed by atoms with van der Waals surface area (Å²) in [5, 5.41) is 37.8. The highest BCUT2D eigenvalue weighted by molar-refractivity contribution is 5.72.